The fraction of sp³-hybridized carbons (Fsp3) is 0.333. The second-order valence-electron chi connectivity index (χ2n) is 3.09. The third-order valence-electron chi connectivity index (χ3n) is 2.00. The quantitative estimate of drug-likeness (QED) is 0.769. The monoisotopic (exact) mass is 215 g/mol. The van der Waals surface area contributed by atoms with E-state index in [2.05, 4.69) is 15.3 Å². The maximum Gasteiger partial charge on any atom is 0.433 e. The topological polar surface area (TPSA) is 37.3 Å². The van der Waals surface area contributed by atoms with Gasteiger partial charge in [-0.1, -0.05) is 0 Å². The number of aromatic nitrogens is 1. The van der Waals surface area contributed by atoms with Crippen LogP contribution in [0, 0.1) is 0 Å². The van der Waals surface area contributed by atoms with Gasteiger partial charge in [-0.3, -0.25) is 9.98 Å². The number of pyridine rings is 1. The molecule has 1 aliphatic rings. The average Bonchev–Trinajstić information content (AvgIpc) is 2.69. The first kappa shape index (κ1) is 9.95. The van der Waals surface area contributed by atoms with E-state index in [9.17, 15) is 13.2 Å². The van der Waals surface area contributed by atoms with Crippen molar-refractivity contribution in [2.24, 2.45) is 4.99 Å². The van der Waals surface area contributed by atoms with Gasteiger partial charge >= 0.3 is 6.18 Å². The van der Waals surface area contributed by atoms with Gasteiger partial charge < -0.3 is 5.32 Å². The molecule has 0 saturated heterocycles. The van der Waals surface area contributed by atoms with Crippen LogP contribution in [0.1, 0.15) is 11.3 Å². The van der Waals surface area contributed by atoms with Crippen molar-refractivity contribution >= 4 is 5.84 Å². The Bertz CT molecular complexity index is 381. The first-order chi connectivity index (χ1) is 7.07. The summed E-state index contributed by atoms with van der Waals surface area (Å²) < 4.78 is 36.6. The van der Waals surface area contributed by atoms with E-state index < -0.39 is 11.9 Å². The molecule has 0 unspecified atom stereocenters. The minimum absolute atomic E-state index is 0.584. The van der Waals surface area contributed by atoms with Crippen LogP contribution < -0.4 is 5.32 Å². The molecular weight excluding hydrogens is 207 g/mol. The second-order valence-corrected chi connectivity index (χ2v) is 3.09. The molecule has 0 aromatic carbocycles. The standard InChI is InChI=1S/C9H8F3N3/c10-9(11,12)7-2-1-6(5-15-7)8-13-3-4-14-8/h1-2,5H,3-4H2,(H,13,14). The lowest BCUT2D eigenvalue weighted by molar-refractivity contribution is -0.141. The molecule has 6 heteroatoms. The summed E-state index contributed by atoms with van der Waals surface area (Å²) in [7, 11) is 0. The molecular formula is C9H8F3N3. The zero-order valence-electron chi connectivity index (χ0n) is 7.67. The lowest BCUT2D eigenvalue weighted by Gasteiger charge is -2.06. The van der Waals surface area contributed by atoms with Crippen LogP contribution in [0.25, 0.3) is 0 Å². The van der Waals surface area contributed by atoms with Crippen molar-refractivity contribution in [2.75, 3.05) is 13.1 Å². The van der Waals surface area contributed by atoms with Crippen molar-refractivity contribution in [3.05, 3.63) is 29.6 Å². The van der Waals surface area contributed by atoms with Crippen molar-refractivity contribution in [3.63, 3.8) is 0 Å². The number of nitrogens with zero attached hydrogens (tertiary/aromatic N) is 2. The molecule has 2 rings (SSSR count). The van der Waals surface area contributed by atoms with E-state index >= 15 is 0 Å². The Hall–Kier alpha value is -1.59. The molecule has 0 atom stereocenters. The molecule has 0 radical (unpaired) electrons. The minimum atomic E-state index is -4.39. The highest BCUT2D eigenvalue weighted by atomic mass is 19.4. The average molecular weight is 215 g/mol. The van der Waals surface area contributed by atoms with E-state index in [-0.39, 0.29) is 0 Å². The number of amidine groups is 1. The van der Waals surface area contributed by atoms with Gasteiger partial charge in [0.25, 0.3) is 0 Å². The SMILES string of the molecule is FC(F)(F)c1ccc(C2=NCCN2)cn1. The summed E-state index contributed by atoms with van der Waals surface area (Å²) in [5, 5.41) is 2.96. The normalized spacial score (nSPS) is 16.1. The molecule has 15 heavy (non-hydrogen) atoms. The van der Waals surface area contributed by atoms with E-state index in [1.165, 1.54) is 12.3 Å². The molecule has 0 aliphatic carbocycles. The van der Waals surface area contributed by atoms with E-state index in [1.54, 1.807) is 0 Å². The number of alkyl halides is 3. The Morgan fingerprint density at radius 2 is 2.07 bits per heavy atom. The van der Waals surface area contributed by atoms with Crippen molar-refractivity contribution in [1.82, 2.24) is 10.3 Å². The van der Waals surface area contributed by atoms with Gasteiger partial charge in [0, 0.05) is 18.3 Å². The highest BCUT2D eigenvalue weighted by molar-refractivity contribution is 5.99. The van der Waals surface area contributed by atoms with Crippen LogP contribution in [-0.4, -0.2) is 23.9 Å². The maximum absolute atomic E-state index is 12.2. The third-order valence-corrected chi connectivity index (χ3v) is 2.00. The number of hydrogen-bond acceptors (Lipinski definition) is 3. The minimum Gasteiger partial charge on any atom is -0.368 e. The van der Waals surface area contributed by atoms with Gasteiger partial charge in [-0.2, -0.15) is 13.2 Å². The van der Waals surface area contributed by atoms with Gasteiger partial charge in [0.15, 0.2) is 0 Å². The van der Waals surface area contributed by atoms with Crippen LogP contribution in [0.2, 0.25) is 0 Å². The van der Waals surface area contributed by atoms with Gasteiger partial charge in [-0.15, -0.1) is 0 Å². The van der Waals surface area contributed by atoms with E-state index in [0.29, 0.717) is 17.9 Å². The summed E-state index contributed by atoms with van der Waals surface area (Å²) in [5.74, 6) is 0.608. The highest BCUT2D eigenvalue weighted by Crippen LogP contribution is 2.27. The largest absolute Gasteiger partial charge is 0.433 e. The Kier molecular flexibility index (Phi) is 2.34. The lowest BCUT2D eigenvalue weighted by Crippen LogP contribution is -2.20. The molecule has 0 fully saturated rings. The molecule has 0 saturated carbocycles. The molecule has 1 aliphatic heterocycles. The van der Waals surface area contributed by atoms with Crippen molar-refractivity contribution in [1.29, 1.82) is 0 Å². The fourth-order valence-corrected chi connectivity index (χ4v) is 1.29. The second kappa shape index (κ2) is 3.52. The number of rotatable bonds is 1. The van der Waals surface area contributed by atoms with Crippen LogP contribution in [0.15, 0.2) is 23.3 Å². The van der Waals surface area contributed by atoms with E-state index in [4.69, 9.17) is 0 Å². The van der Waals surface area contributed by atoms with E-state index in [1.807, 2.05) is 0 Å². The van der Waals surface area contributed by atoms with Crippen LogP contribution >= 0.6 is 0 Å². The smallest absolute Gasteiger partial charge is 0.368 e. The molecule has 2 heterocycles. The highest BCUT2D eigenvalue weighted by Gasteiger charge is 2.32. The number of nitrogens with one attached hydrogen (secondary N) is 1. The Balaban J connectivity index is 2.24. The van der Waals surface area contributed by atoms with Gasteiger partial charge in [0.05, 0.1) is 6.54 Å². The van der Waals surface area contributed by atoms with Crippen LogP contribution in [-0.2, 0) is 6.18 Å². The zero-order valence-corrected chi connectivity index (χ0v) is 7.67. The Morgan fingerprint density at radius 1 is 1.27 bits per heavy atom. The van der Waals surface area contributed by atoms with Crippen LogP contribution in [0.3, 0.4) is 0 Å². The molecule has 1 N–H and O–H groups in total. The molecule has 0 amide bonds. The summed E-state index contributed by atoms with van der Waals surface area (Å²) in [4.78, 5) is 7.43. The first-order valence-electron chi connectivity index (χ1n) is 4.39. The molecule has 80 valence electrons. The summed E-state index contributed by atoms with van der Waals surface area (Å²) in [5.41, 5.74) is -0.301. The first-order valence-corrected chi connectivity index (χ1v) is 4.39. The van der Waals surface area contributed by atoms with Crippen molar-refractivity contribution < 1.29 is 13.2 Å². The number of aliphatic imine (C=N–C) groups is 1. The Morgan fingerprint density at radius 3 is 2.53 bits per heavy atom. The molecule has 1 aromatic heterocycles. The van der Waals surface area contributed by atoms with Crippen molar-refractivity contribution in [3.8, 4) is 0 Å². The predicted molar refractivity (Wildman–Crippen MR) is 48.6 cm³/mol. The van der Waals surface area contributed by atoms with Gasteiger partial charge in [0.1, 0.15) is 11.5 Å². The fourth-order valence-electron chi connectivity index (χ4n) is 1.29. The molecule has 0 bridgehead atoms. The van der Waals surface area contributed by atoms with Gasteiger partial charge in [0.2, 0.25) is 0 Å². The third kappa shape index (κ3) is 2.08. The number of hydrogen-bond donors (Lipinski definition) is 1. The Labute approximate surface area is 84.0 Å². The van der Waals surface area contributed by atoms with Gasteiger partial charge in [-0.25, -0.2) is 0 Å². The maximum atomic E-state index is 12.2. The van der Waals surface area contributed by atoms with E-state index in [0.717, 1.165) is 12.6 Å². The molecule has 3 nitrogen and oxygen atoms in total. The zero-order chi connectivity index (χ0) is 10.9. The van der Waals surface area contributed by atoms with Crippen molar-refractivity contribution in [2.45, 2.75) is 6.18 Å². The lowest BCUT2D eigenvalue weighted by atomic mass is 10.2. The van der Waals surface area contributed by atoms with Crippen LogP contribution in [0.4, 0.5) is 13.2 Å². The summed E-state index contributed by atoms with van der Waals surface area (Å²) in [6.45, 7) is 1.37. The summed E-state index contributed by atoms with van der Waals surface area (Å²) in [6.07, 6.45) is -3.20. The predicted octanol–water partition coefficient (Wildman–Crippen LogP) is 1.45. The van der Waals surface area contributed by atoms with Gasteiger partial charge in [-0.05, 0) is 12.1 Å². The summed E-state index contributed by atoms with van der Waals surface area (Å²) in [6, 6.07) is 2.32. The molecule has 1 aromatic rings. The summed E-state index contributed by atoms with van der Waals surface area (Å²) >= 11 is 0. The van der Waals surface area contributed by atoms with Crippen LogP contribution in [0.5, 0.6) is 0 Å². The number of halogens is 3. The molecule has 0 spiro atoms.